The van der Waals surface area contributed by atoms with E-state index in [1.165, 1.54) is 31.3 Å². The van der Waals surface area contributed by atoms with Gasteiger partial charge in [0.2, 0.25) is 0 Å². The minimum atomic E-state index is -3.83. The largest absolute Gasteiger partial charge is 0.481 e. The van der Waals surface area contributed by atoms with Crippen molar-refractivity contribution in [3.8, 4) is 0 Å². The molecule has 8 heteroatoms. The summed E-state index contributed by atoms with van der Waals surface area (Å²) in [6.07, 6.45) is -0.281. The van der Waals surface area contributed by atoms with Gasteiger partial charge in [-0.15, -0.1) is 0 Å². The zero-order valence-corrected chi connectivity index (χ0v) is 12.1. The maximum Gasteiger partial charge on any atom is 0.304 e. The van der Waals surface area contributed by atoms with Crippen LogP contribution in [0.4, 0.5) is 10.1 Å². The van der Waals surface area contributed by atoms with Crippen LogP contribution < -0.4 is 4.31 Å². The molecule has 0 unspecified atom stereocenters. The smallest absolute Gasteiger partial charge is 0.304 e. The topological polar surface area (TPSA) is 77.9 Å². The molecule has 0 aromatic heterocycles. The molecule has 6 nitrogen and oxygen atoms in total. The van der Waals surface area contributed by atoms with E-state index < -0.39 is 22.0 Å². The van der Waals surface area contributed by atoms with Crippen LogP contribution in [0.2, 0.25) is 0 Å². The second-order valence-corrected chi connectivity index (χ2v) is 6.07. The third kappa shape index (κ3) is 3.91. The van der Waals surface area contributed by atoms with Crippen molar-refractivity contribution >= 4 is 21.9 Å². The Bertz CT molecular complexity index is 559. The molecule has 0 aliphatic rings. The Kier molecular flexibility index (Phi) is 5.46. The fraction of sp³-hybridized carbons (Fsp3) is 0.417. The maximum absolute atomic E-state index is 12.9. The number of rotatable bonds is 7. The van der Waals surface area contributed by atoms with Gasteiger partial charge in [0.1, 0.15) is 5.82 Å². The van der Waals surface area contributed by atoms with Gasteiger partial charge in [-0.1, -0.05) is 0 Å². The molecule has 0 aliphatic carbocycles. The van der Waals surface area contributed by atoms with Gasteiger partial charge in [-0.25, -0.2) is 4.39 Å². The number of aliphatic carboxylic acids is 1. The van der Waals surface area contributed by atoms with Crippen LogP contribution in [0.5, 0.6) is 0 Å². The van der Waals surface area contributed by atoms with Gasteiger partial charge in [-0.2, -0.15) is 12.7 Å². The maximum atomic E-state index is 12.9. The van der Waals surface area contributed by atoms with E-state index in [1.54, 1.807) is 6.92 Å². The summed E-state index contributed by atoms with van der Waals surface area (Å²) in [5.41, 5.74) is 0.330. The van der Waals surface area contributed by atoms with Gasteiger partial charge in [0.05, 0.1) is 12.1 Å². The first-order chi connectivity index (χ1) is 9.28. The van der Waals surface area contributed by atoms with E-state index in [0.717, 1.165) is 8.61 Å². The predicted octanol–water partition coefficient (Wildman–Crippen LogP) is 1.30. The normalized spacial score (nSPS) is 11.6. The quantitative estimate of drug-likeness (QED) is 0.823. The summed E-state index contributed by atoms with van der Waals surface area (Å²) >= 11 is 0. The molecule has 0 fully saturated rings. The fourth-order valence-corrected chi connectivity index (χ4v) is 3.00. The third-order valence-electron chi connectivity index (χ3n) is 2.71. The number of nitrogens with zero attached hydrogens (tertiary/aromatic N) is 2. The highest BCUT2D eigenvalue weighted by molar-refractivity contribution is 7.90. The first-order valence-corrected chi connectivity index (χ1v) is 7.40. The van der Waals surface area contributed by atoms with Gasteiger partial charge < -0.3 is 5.11 Å². The first kappa shape index (κ1) is 16.4. The van der Waals surface area contributed by atoms with Gasteiger partial charge >= 0.3 is 16.2 Å². The van der Waals surface area contributed by atoms with Gasteiger partial charge in [0.25, 0.3) is 0 Å². The van der Waals surface area contributed by atoms with Crippen molar-refractivity contribution in [3.05, 3.63) is 30.1 Å². The van der Waals surface area contributed by atoms with E-state index in [1.807, 2.05) is 0 Å². The van der Waals surface area contributed by atoms with Crippen LogP contribution in [0, 0.1) is 5.82 Å². The zero-order valence-electron chi connectivity index (χ0n) is 11.3. The standard InChI is InChI=1S/C12H17FN2O4S/c1-3-15(11-6-4-10(13)5-7-11)20(18,19)14(2)9-8-12(16)17/h4-7H,3,8-9H2,1-2H3,(H,16,17). The minimum absolute atomic E-state index is 0.130. The van der Waals surface area contributed by atoms with Crippen LogP contribution in [0.15, 0.2) is 24.3 Å². The number of carboxylic acids is 1. The van der Waals surface area contributed by atoms with Crippen LogP contribution in [0.1, 0.15) is 13.3 Å². The molecule has 0 amide bonds. The number of carboxylic acid groups (broad SMARTS) is 1. The van der Waals surface area contributed by atoms with Crippen LogP contribution in [-0.2, 0) is 15.0 Å². The lowest BCUT2D eigenvalue weighted by molar-refractivity contribution is -0.137. The Morgan fingerprint density at radius 1 is 1.30 bits per heavy atom. The molecule has 0 bridgehead atoms. The van der Waals surface area contributed by atoms with E-state index in [0.29, 0.717) is 5.69 Å². The van der Waals surface area contributed by atoms with Crippen molar-refractivity contribution < 1.29 is 22.7 Å². The molecule has 0 aliphatic heterocycles. The molecule has 0 saturated carbocycles. The lowest BCUT2D eigenvalue weighted by Gasteiger charge is -2.28. The van der Waals surface area contributed by atoms with E-state index in [4.69, 9.17) is 5.11 Å². The summed E-state index contributed by atoms with van der Waals surface area (Å²) in [4.78, 5) is 10.5. The first-order valence-electron chi connectivity index (χ1n) is 6.00. The summed E-state index contributed by atoms with van der Waals surface area (Å²) in [6.45, 7) is 1.67. The van der Waals surface area contributed by atoms with Crippen molar-refractivity contribution in [1.82, 2.24) is 4.31 Å². The Balaban J connectivity index is 2.97. The number of hydrogen-bond donors (Lipinski definition) is 1. The summed E-state index contributed by atoms with van der Waals surface area (Å²) < 4.78 is 39.6. The molecule has 0 atom stereocenters. The molecule has 0 radical (unpaired) electrons. The summed E-state index contributed by atoms with van der Waals surface area (Å²) in [6, 6.07) is 5.07. The molecule has 0 saturated heterocycles. The minimum Gasteiger partial charge on any atom is -0.481 e. The van der Waals surface area contributed by atoms with Gasteiger partial charge in [-0.3, -0.25) is 9.10 Å². The summed E-state index contributed by atoms with van der Waals surface area (Å²) in [7, 11) is -2.52. The monoisotopic (exact) mass is 304 g/mol. The van der Waals surface area contributed by atoms with Gasteiger partial charge in [0.15, 0.2) is 0 Å². The lowest BCUT2D eigenvalue weighted by Crippen LogP contribution is -2.42. The zero-order chi connectivity index (χ0) is 15.3. The Morgan fingerprint density at radius 3 is 2.30 bits per heavy atom. The average Bonchev–Trinajstić information content (AvgIpc) is 2.38. The average molecular weight is 304 g/mol. The van der Waals surface area contributed by atoms with Crippen molar-refractivity contribution in [1.29, 1.82) is 0 Å². The second-order valence-electron chi connectivity index (χ2n) is 4.11. The molecule has 0 spiro atoms. The Morgan fingerprint density at radius 2 is 1.85 bits per heavy atom. The molecule has 20 heavy (non-hydrogen) atoms. The van der Waals surface area contributed by atoms with E-state index in [-0.39, 0.29) is 19.5 Å². The van der Waals surface area contributed by atoms with Crippen molar-refractivity contribution in [3.63, 3.8) is 0 Å². The molecule has 112 valence electrons. The van der Waals surface area contributed by atoms with Crippen molar-refractivity contribution in [2.24, 2.45) is 0 Å². The molecular weight excluding hydrogens is 287 g/mol. The lowest BCUT2D eigenvalue weighted by atomic mass is 10.3. The van der Waals surface area contributed by atoms with Crippen LogP contribution in [0.25, 0.3) is 0 Å². The molecular formula is C12H17FN2O4S. The molecule has 0 heterocycles. The number of anilines is 1. The van der Waals surface area contributed by atoms with Gasteiger partial charge in [0, 0.05) is 20.1 Å². The van der Waals surface area contributed by atoms with Gasteiger partial charge in [-0.05, 0) is 31.2 Å². The third-order valence-corrected chi connectivity index (χ3v) is 4.71. The predicted molar refractivity (Wildman–Crippen MR) is 73.2 cm³/mol. The number of hydrogen-bond acceptors (Lipinski definition) is 3. The molecule has 1 aromatic rings. The van der Waals surface area contributed by atoms with Crippen LogP contribution in [-0.4, -0.2) is 43.9 Å². The second kappa shape index (κ2) is 6.67. The number of carbonyl (C=O) groups is 1. The van der Waals surface area contributed by atoms with Crippen LogP contribution >= 0.6 is 0 Å². The Hall–Kier alpha value is -1.67. The van der Waals surface area contributed by atoms with E-state index in [2.05, 4.69) is 0 Å². The number of halogens is 1. The highest BCUT2D eigenvalue weighted by atomic mass is 32.2. The summed E-state index contributed by atoms with van der Waals surface area (Å²) in [5.74, 6) is -1.53. The van der Waals surface area contributed by atoms with E-state index in [9.17, 15) is 17.6 Å². The highest BCUT2D eigenvalue weighted by Gasteiger charge is 2.26. The number of benzene rings is 1. The SMILES string of the molecule is CCN(c1ccc(F)cc1)S(=O)(=O)N(C)CCC(=O)O. The van der Waals surface area contributed by atoms with Crippen molar-refractivity contribution in [2.75, 3.05) is 24.4 Å². The fourth-order valence-electron chi connectivity index (χ4n) is 1.62. The van der Waals surface area contributed by atoms with Crippen LogP contribution in [0.3, 0.4) is 0 Å². The molecule has 1 N–H and O–H groups in total. The van der Waals surface area contributed by atoms with E-state index >= 15 is 0 Å². The Labute approximate surface area is 117 Å². The molecule has 1 rings (SSSR count). The van der Waals surface area contributed by atoms with Crippen molar-refractivity contribution in [2.45, 2.75) is 13.3 Å². The summed E-state index contributed by atoms with van der Waals surface area (Å²) in [5, 5.41) is 8.59. The molecule has 1 aromatic carbocycles. The highest BCUT2D eigenvalue weighted by Crippen LogP contribution is 2.20.